The molecule has 282 valence electrons. The first-order chi connectivity index (χ1) is 26.2. The molecule has 55 heavy (non-hydrogen) atoms. The molecule has 3 atom stereocenters. The number of benzene rings is 2. The topological polar surface area (TPSA) is 193 Å². The van der Waals surface area contributed by atoms with Crippen LogP contribution in [0.3, 0.4) is 0 Å². The molecule has 8 rings (SSSR count). The van der Waals surface area contributed by atoms with Crippen LogP contribution < -0.4 is 21.3 Å². The zero-order valence-corrected chi connectivity index (χ0v) is 28.9. The van der Waals surface area contributed by atoms with Gasteiger partial charge < -0.3 is 16.0 Å². The van der Waals surface area contributed by atoms with Crippen molar-refractivity contribution in [2.75, 3.05) is 36.4 Å². The minimum Gasteiger partial charge on any atom is -0.371 e. The number of aromatic nitrogens is 3. The molecule has 3 unspecified atom stereocenters. The molecular weight excluding hydrogens is 723 g/mol. The van der Waals surface area contributed by atoms with Crippen molar-refractivity contribution in [2.45, 2.75) is 31.6 Å². The molecule has 3 fully saturated rings. The summed E-state index contributed by atoms with van der Waals surface area (Å²) in [6.07, 6.45) is -3.25. The van der Waals surface area contributed by atoms with Crippen LogP contribution >= 0.6 is 0 Å². The summed E-state index contributed by atoms with van der Waals surface area (Å²) in [6.45, 7) is 3.90. The van der Waals surface area contributed by atoms with Gasteiger partial charge in [-0.2, -0.15) is 18.3 Å². The van der Waals surface area contributed by atoms with E-state index in [1.54, 1.807) is 24.3 Å². The molecule has 15 nitrogen and oxygen atoms in total. The maximum absolute atomic E-state index is 13.3. The highest BCUT2D eigenvalue weighted by atomic mass is 19.4. The van der Waals surface area contributed by atoms with Gasteiger partial charge in [0.1, 0.15) is 17.4 Å². The highest BCUT2D eigenvalue weighted by molar-refractivity contribution is 6.23. The van der Waals surface area contributed by atoms with Gasteiger partial charge in [0, 0.05) is 44.8 Å². The summed E-state index contributed by atoms with van der Waals surface area (Å²) in [7, 11) is 0. The molecule has 4 N–H and O–H groups in total. The molecule has 0 aliphatic carbocycles. The molecule has 18 heteroatoms. The Labute approximate surface area is 310 Å². The second kappa shape index (κ2) is 13.5. The van der Waals surface area contributed by atoms with Crippen LogP contribution in [-0.4, -0.2) is 92.2 Å². The van der Waals surface area contributed by atoms with Gasteiger partial charge in [-0.05, 0) is 66.3 Å². The summed E-state index contributed by atoms with van der Waals surface area (Å²) >= 11 is 0. The van der Waals surface area contributed by atoms with Crippen molar-refractivity contribution < 1.29 is 41.9 Å². The normalized spacial score (nSPS) is 21.2. The molecule has 0 radical (unpaired) electrons. The first-order valence-electron chi connectivity index (χ1n) is 17.4. The minimum atomic E-state index is -4.74. The number of hydrogen-bond acceptors (Lipinski definition) is 10. The van der Waals surface area contributed by atoms with Crippen molar-refractivity contribution in [3.05, 3.63) is 101 Å². The number of amides is 6. The Balaban J connectivity index is 0.883. The maximum atomic E-state index is 13.3. The van der Waals surface area contributed by atoms with Crippen LogP contribution in [0.1, 0.15) is 65.8 Å². The molecule has 0 saturated carbocycles. The van der Waals surface area contributed by atoms with E-state index in [-0.39, 0.29) is 35.3 Å². The van der Waals surface area contributed by atoms with E-state index >= 15 is 0 Å². The predicted molar refractivity (Wildman–Crippen MR) is 187 cm³/mol. The maximum Gasteiger partial charge on any atom is 0.433 e. The third kappa shape index (κ3) is 6.68. The first-order valence-corrected chi connectivity index (χ1v) is 17.4. The fourth-order valence-corrected chi connectivity index (χ4v) is 7.78. The van der Waals surface area contributed by atoms with Crippen LogP contribution in [0.5, 0.6) is 0 Å². The SMILES string of the molecule is NC(=O)c1nn(-c2ccc(CN3CC4CN(c5ccc6c(c5)C(=O)N(C5CCC(=O)NC5=O)C6=O)CC4C3)cc2)cc1NC(=O)c1cccc(C(F)(F)F)n1. The number of pyridine rings is 1. The fraction of sp³-hybridized carbons (Fsp3) is 0.297. The lowest BCUT2D eigenvalue weighted by Gasteiger charge is -2.27. The number of rotatable bonds is 8. The molecule has 4 aliphatic rings. The lowest BCUT2D eigenvalue weighted by molar-refractivity contribution is -0.141. The third-order valence-corrected chi connectivity index (χ3v) is 10.4. The number of nitrogens with zero attached hydrogens (tertiary/aromatic N) is 6. The summed E-state index contributed by atoms with van der Waals surface area (Å²) in [5, 5.41) is 8.79. The summed E-state index contributed by atoms with van der Waals surface area (Å²) in [6, 6.07) is 14.5. The molecule has 0 spiro atoms. The van der Waals surface area contributed by atoms with E-state index < -0.39 is 59.0 Å². The quantitative estimate of drug-likeness (QED) is 0.225. The third-order valence-electron chi connectivity index (χ3n) is 10.4. The molecular formula is C37H32F3N9O6. The van der Waals surface area contributed by atoms with Crippen LogP contribution in [0.4, 0.5) is 24.5 Å². The van der Waals surface area contributed by atoms with E-state index in [4.69, 9.17) is 5.73 Å². The van der Waals surface area contributed by atoms with Crippen molar-refractivity contribution in [3.8, 4) is 5.69 Å². The number of piperidine rings is 1. The molecule has 4 aromatic rings. The van der Waals surface area contributed by atoms with Gasteiger partial charge in [-0.1, -0.05) is 18.2 Å². The summed E-state index contributed by atoms with van der Waals surface area (Å²) in [5.41, 5.74) is 6.27. The summed E-state index contributed by atoms with van der Waals surface area (Å²) in [5.74, 6) is -3.31. The van der Waals surface area contributed by atoms with Crippen molar-refractivity contribution >= 4 is 46.8 Å². The van der Waals surface area contributed by atoms with Crippen LogP contribution in [0.15, 0.2) is 66.9 Å². The Hall–Kier alpha value is -6.43. The van der Waals surface area contributed by atoms with Crippen molar-refractivity contribution in [1.29, 1.82) is 0 Å². The van der Waals surface area contributed by atoms with Gasteiger partial charge >= 0.3 is 6.18 Å². The van der Waals surface area contributed by atoms with Crippen molar-refractivity contribution in [2.24, 2.45) is 17.6 Å². The predicted octanol–water partition coefficient (Wildman–Crippen LogP) is 2.61. The average molecular weight is 756 g/mol. The summed E-state index contributed by atoms with van der Waals surface area (Å²) in [4.78, 5) is 84.2. The average Bonchev–Trinajstić information content (AvgIpc) is 3.90. The van der Waals surface area contributed by atoms with Gasteiger partial charge in [-0.3, -0.25) is 43.9 Å². The standard InChI is InChI=1S/C37H32F3N9O6/c38-37(39,40)29-3-1-2-26(42-29)33(52)43-27-18-48(45-31(27)32(41)51)22-6-4-19(5-7-22)13-46-14-20-16-47(17-21(20)15-46)23-8-9-24-25(12-23)36(55)49(35(24)54)28-10-11-30(50)44-34(28)53/h1-9,12,18,20-21,28H,10-11,13-17H2,(H2,41,51)(H,43,52)(H,44,50,53). The Morgan fingerprint density at radius 1 is 0.891 bits per heavy atom. The largest absolute Gasteiger partial charge is 0.433 e. The number of likely N-dealkylation sites (tertiary alicyclic amines) is 1. The van der Waals surface area contributed by atoms with Crippen LogP contribution in [0.2, 0.25) is 0 Å². The highest BCUT2D eigenvalue weighted by Gasteiger charge is 2.46. The van der Waals surface area contributed by atoms with Gasteiger partial charge in [-0.25, -0.2) is 9.67 Å². The van der Waals surface area contributed by atoms with Gasteiger partial charge in [-0.15, -0.1) is 0 Å². The molecule has 6 amide bonds. The number of carbonyl (C=O) groups is 6. The Morgan fingerprint density at radius 3 is 2.25 bits per heavy atom. The zero-order chi connectivity index (χ0) is 38.8. The molecule has 2 aromatic heterocycles. The first kappa shape index (κ1) is 35.6. The molecule has 4 aliphatic heterocycles. The number of imide groups is 2. The van der Waals surface area contributed by atoms with E-state index in [0.29, 0.717) is 24.1 Å². The van der Waals surface area contributed by atoms with E-state index in [9.17, 15) is 41.9 Å². The number of fused-ring (bicyclic) bond motifs is 2. The molecule has 2 aromatic carbocycles. The minimum absolute atomic E-state index is 0.0548. The number of alkyl halides is 3. The van der Waals surface area contributed by atoms with Crippen LogP contribution in [0, 0.1) is 11.8 Å². The Bertz CT molecular complexity index is 2280. The van der Waals surface area contributed by atoms with Gasteiger partial charge in [0.15, 0.2) is 5.69 Å². The number of carbonyl (C=O) groups excluding carboxylic acids is 6. The number of anilines is 2. The van der Waals surface area contributed by atoms with Crippen molar-refractivity contribution in [3.63, 3.8) is 0 Å². The number of hydrogen-bond donors (Lipinski definition) is 3. The van der Waals surface area contributed by atoms with E-state index in [2.05, 4.69) is 30.5 Å². The molecule has 6 heterocycles. The Kier molecular flexibility index (Phi) is 8.71. The second-order valence-corrected chi connectivity index (χ2v) is 14.0. The number of primary amides is 1. The van der Waals surface area contributed by atoms with Crippen molar-refractivity contribution in [1.82, 2.24) is 29.9 Å². The van der Waals surface area contributed by atoms with Crippen LogP contribution in [0.25, 0.3) is 5.69 Å². The molecule has 3 saturated heterocycles. The van der Waals surface area contributed by atoms with Crippen LogP contribution in [-0.2, 0) is 22.3 Å². The van der Waals surface area contributed by atoms with Gasteiger partial charge in [0.25, 0.3) is 23.6 Å². The van der Waals surface area contributed by atoms with E-state index in [1.807, 2.05) is 18.2 Å². The second-order valence-electron chi connectivity index (χ2n) is 14.0. The smallest absolute Gasteiger partial charge is 0.371 e. The van der Waals surface area contributed by atoms with Gasteiger partial charge in [0.2, 0.25) is 11.8 Å². The monoisotopic (exact) mass is 755 g/mol. The lowest BCUT2D eigenvalue weighted by atomic mass is 10.0. The molecule has 0 bridgehead atoms. The number of nitrogens with one attached hydrogen (secondary N) is 2. The van der Waals surface area contributed by atoms with E-state index in [1.165, 1.54) is 10.9 Å². The lowest BCUT2D eigenvalue weighted by Crippen LogP contribution is -2.54. The highest BCUT2D eigenvalue weighted by Crippen LogP contribution is 2.37. The number of nitrogens with two attached hydrogens (primary N) is 1. The van der Waals surface area contributed by atoms with E-state index in [0.717, 1.165) is 60.5 Å². The summed E-state index contributed by atoms with van der Waals surface area (Å²) < 4.78 is 40.6. The van der Waals surface area contributed by atoms with Gasteiger partial charge in [0.05, 0.1) is 28.7 Å². The number of halogens is 3. The Morgan fingerprint density at radius 2 is 1.58 bits per heavy atom. The fourth-order valence-electron chi connectivity index (χ4n) is 7.78. The zero-order valence-electron chi connectivity index (χ0n) is 28.9.